The number of carboxylic acids is 1. The monoisotopic (exact) mass is 300 g/mol. The van der Waals surface area contributed by atoms with E-state index in [9.17, 15) is 19.8 Å². The largest absolute Gasteiger partial charge is 0.481 e. The highest BCUT2D eigenvalue weighted by atomic mass is 16.5. The second-order valence-corrected chi connectivity index (χ2v) is 6.16. The zero-order valence-corrected chi connectivity index (χ0v) is 12.5. The Balaban J connectivity index is 1.91. The number of carbonyl (C=O) groups excluding carboxylic acids is 1. The Morgan fingerprint density at radius 3 is 2.67 bits per heavy atom. The van der Waals surface area contributed by atoms with Crippen molar-refractivity contribution in [2.45, 2.75) is 31.4 Å². The predicted molar refractivity (Wildman–Crippen MR) is 74.8 cm³/mol. The Morgan fingerprint density at radius 1 is 1.38 bits per heavy atom. The number of aliphatic hydroxyl groups excluding tert-OH is 1. The summed E-state index contributed by atoms with van der Waals surface area (Å²) in [5.74, 6) is -0.862. The highest BCUT2D eigenvalue weighted by Gasteiger charge is 2.51. The Labute approximate surface area is 124 Å². The van der Waals surface area contributed by atoms with Crippen molar-refractivity contribution in [3.63, 3.8) is 0 Å². The molecule has 21 heavy (non-hydrogen) atoms. The van der Waals surface area contributed by atoms with Crippen molar-refractivity contribution in [3.05, 3.63) is 0 Å². The molecule has 0 aromatic heterocycles. The van der Waals surface area contributed by atoms with Crippen molar-refractivity contribution in [2.24, 2.45) is 17.8 Å². The molecule has 7 heteroatoms. The maximum atomic E-state index is 12.2. The standard InChI is InChI=1S/C14H24N2O5/c1-16(6-10(17)7-21-2)14(20)15-12-9-4-3-8(5-9)11(12)13(18)19/h8-12,17H,3-7H2,1-2H3,(H,15,20)(H,18,19). The first-order valence-corrected chi connectivity index (χ1v) is 7.35. The molecule has 5 unspecified atom stereocenters. The molecule has 2 amide bonds. The molecular formula is C14H24N2O5. The molecule has 120 valence electrons. The molecule has 0 saturated heterocycles. The van der Waals surface area contributed by atoms with E-state index in [4.69, 9.17) is 4.74 Å². The summed E-state index contributed by atoms with van der Waals surface area (Å²) in [4.78, 5) is 24.9. The molecule has 2 aliphatic carbocycles. The smallest absolute Gasteiger partial charge is 0.317 e. The molecule has 2 rings (SSSR count). The van der Waals surface area contributed by atoms with Crippen molar-refractivity contribution >= 4 is 12.0 Å². The van der Waals surface area contributed by atoms with Crippen molar-refractivity contribution in [3.8, 4) is 0 Å². The lowest BCUT2D eigenvalue weighted by atomic mass is 9.84. The van der Waals surface area contributed by atoms with E-state index in [1.165, 1.54) is 12.0 Å². The van der Waals surface area contributed by atoms with E-state index in [1.54, 1.807) is 7.05 Å². The van der Waals surface area contributed by atoms with E-state index in [2.05, 4.69) is 5.32 Å². The molecule has 7 nitrogen and oxygen atoms in total. The first-order chi connectivity index (χ1) is 9.93. The second kappa shape index (κ2) is 6.62. The van der Waals surface area contributed by atoms with E-state index in [0.29, 0.717) is 0 Å². The lowest BCUT2D eigenvalue weighted by molar-refractivity contribution is -0.144. The molecule has 2 fully saturated rings. The summed E-state index contributed by atoms with van der Waals surface area (Å²) in [7, 11) is 3.06. The number of nitrogens with one attached hydrogen (secondary N) is 1. The number of carbonyl (C=O) groups is 2. The van der Waals surface area contributed by atoms with Gasteiger partial charge in [-0.2, -0.15) is 0 Å². The van der Waals surface area contributed by atoms with Crippen LogP contribution in [0.4, 0.5) is 4.79 Å². The van der Waals surface area contributed by atoms with Gasteiger partial charge in [-0.15, -0.1) is 0 Å². The summed E-state index contributed by atoms with van der Waals surface area (Å²) in [5.41, 5.74) is 0. The van der Waals surface area contributed by atoms with Gasteiger partial charge >= 0.3 is 12.0 Å². The average molecular weight is 300 g/mol. The minimum Gasteiger partial charge on any atom is -0.481 e. The van der Waals surface area contributed by atoms with Crippen LogP contribution in [0.15, 0.2) is 0 Å². The van der Waals surface area contributed by atoms with E-state index < -0.39 is 18.0 Å². The number of amides is 2. The first kappa shape index (κ1) is 16.0. The van der Waals surface area contributed by atoms with Crippen LogP contribution in [0, 0.1) is 17.8 Å². The number of methoxy groups -OCH3 is 1. The van der Waals surface area contributed by atoms with E-state index >= 15 is 0 Å². The van der Waals surface area contributed by atoms with Crippen molar-refractivity contribution in [2.75, 3.05) is 27.3 Å². The highest BCUT2D eigenvalue weighted by molar-refractivity contribution is 5.77. The second-order valence-electron chi connectivity index (χ2n) is 6.16. The number of fused-ring (bicyclic) bond motifs is 2. The van der Waals surface area contributed by atoms with Gasteiger partial charge in [-0.25, -0.2) is 4.79 Å². The third-order valence-electron chi connectivity index (χ3n) is 4.68. The number of rotatable bonds is 6. The molecular weight excluding hydrogens is 276 g/mol. The predicted octanol–water partition coefficient (Wildman–Crippen LogP) is 0.134. The number of hydrogen-bond donors (Lipinski definition) is 3. The topological polar surface area (TPSA) is 99.1 Å². The molecule has 2 aliphatic rings. The third-order valence-corrected chi connectivity index (χ3v) is 4.68. The average Bonchev–Trinajstić information content (AvgIpc) is 2.99. The summed E-state index contributed by atoms with van der Waals surface area (Å²) in [5, 5.41) is 21.8. The van der Waals surface area contributed by atoms with Crippen molar-refractivity contribution in [1.82, 2.24) is 10.2 Å². The van der Waals surface area contributed by atoms with Crippen molar-refractivity contribution < 1.29 is 24.5 Å². The third kappa shape index (κ3) is 3.47. The van der Waals surface area contributed by atoms with Gasteiger partial charge in [-0.05, 0) is 31.1 Å². The maximum absolute atomic E-state index is 12.2. The molecule has 5 atom stereocenters. The number of urea groups is 1. The molecule has 2 saturated carbocycles. The van der Waals surface area contributed by atoms with Gasteiger partial charge in [-0.1, -0.05) is 0 Å². The van der Waals surface area contributed by atoms with Gasteiger partial charge in [0.25, 0.3) is 0 Å². The number of aliphatic carboxylic acids is 1. The van der Waals surface area contributed by atoms with Gasteiger partial charge < -0.3 is 25.2 Å². The molecule has 0 spiro atoms. The maximum Gasteiger partial charge on any atom is 0.317 e. The Bertz CT molecular complexity index is 403. The molecule has 0 aliphatic heterocycles. The lowest BCUT2D eigenvalue weighted by Crippen LogP contribution is -2.51. The highest BCUT2D eigenvalue weighted by Crippen LogP contribution is 2.48. The van der Waals surface area contributed by atoms with Crippen molar-refractivity contribution in [1.29, 1.82) is 0 Å². The fourth-order valence-electron chi connectivity index (χ4n) is 3.75. The van der Waals surface area contributed by atoms with Crippen LogP contribution in [0.2, 0.25) is 0 Å². The zero-order chi connectivity index (χ0) is 15.6. The number of nitrogens with zero attached hydrogens (tertiary/aromatic N) is 1. The van der Waals surface area contributed by atoms with Gasteiger partial charge in [0.2, 0.25) is 0 Å². The molecule has 0 aromatic carbocycles. The summed E-state index contributed by atoms with van der Waals surface area (Å²) in [6.07, 6.45) is 2.06. The molecule has 3 N–H and O–H groups in total. The minimum absolute atomic E-state index is 0.151. The Hall–Kier alpha value is -1.34. The summed E-state index contributed by atoms with van der Waals surface area (Å²) in [6.45, 7) is 0.307. The number of likely N-dealkylation sites (N-methyl/N-ethyl adjacent to an activating group) is 1. The molecule has 2 bridgehead atoms. The van der Waals surface area contributed by atoms with Crippen LogP contribution in [0.1, 0.15) is 19.3 Å². The van der Waals surface area contributed by atoms with E-state index in [0.717, 1.165) is 19.3 Å². The fraction of sp³-hybridized carbons (Fsp3) is 0.857. The number of aliphatic hydroxyl groups is 1. The van der Waals surface area contributed by atoms with Crippen LogP contribution in [0.25, 0.3) is 0 Å². The molecule has 0 heterocycles. The van der Waals surface area contributed by atoms with Crippen LogP contribution in [-0.4, -0.2) is 66.6 Å². The summed E-state index contributed by atoms with van der Waals surface area (Å²) >= 11 is 0. The Kier molecular flexibility index (Phi) is 5.05. The molecule has 0 aromatic rings. The van der Waals surface area contributed by atoms with Crippen LogP contribution >= 0.6 is 0 Å². The van der Waals surface area contributed by atoms with Crippen LogP contribution in [0.3, 0.4) is 0 Å². The number of carboxylic acid groups (broad SMARTS) is 1. The van der Waals surface area contributed by atoms with Crippen LogP contribution in [-0.2, 0) is 9.53 Å². The summed E-state index contributed by atoms with van der Waals surface area (Å²) < 4.78 is 4.82. The van der Waals surface area contributed by atoms with E-state index in [-0.39, 0.29) is 37.1 Å². The van der Waals surface area contributed by atoms with Crippen LogP contribution < -0.4 is 5.32 Å². The fourth-order valence-corrected chi connectivity index (χ4v) is 3.75. The van der Waals surface area contributed by atoms with Gasteiger partial charge in [0, 0.05) is 20.2 Å². The van der Waals surface area contributed by atoms with Gasteiger partial charge in [0.1, 0.15) is 0 Å². The first-order valence-electron chi connectivity index (χ1n) is 7.35. The SMILES string of the molecule is COCC(O)CN(C)C(=O)NC1C2CCC(C2)C1C(=O)O. The van der Waals surface area contributed by atoms with Gasteiger partial charge in [0.05, 0.1) is 25.2 Å². The number of ether oxygens (including phenoxy) is 1. The van der Waals surface area contributed by atoms with Gasteiger partial charge in [-0.3, -0.25) is 4.79 Å². The summed E-state index contributed by atoms with van der Waals surface area (Å²) in [6, 6.07) is -0.635. The Morgan fingerprint density at radius 2 is 2.05 bits per heavy atom. The normalized spacial score (nSPS) is 32.0. The number of hydrogen-bond acceptors (Lipinski definition) is 4. The molecule has 0 radical (unpaired) electrons. The minimum atomic E-state index is -0.824. The van der Waals surface area contributed by atoms with Gasteiger partial charge in [0.15, 0.2) is 0 Å². The quantitative estimate of drug-likeness (QED) is 0.648. The zero-order valence-electron chi connectivity index (χ0n) is 12.5. The van der Waals surface area contributed by atoms with Crippen LogP contribution in [0.5, 0.6) is 0 Å². The van der Waals surface area contributed by atoms with E-state index in [1.807, 2.05) is 0 Å². The lowest BCUT2D eigenvalue weighted by Gasteiger charge is -2.31.